The van der Waals surface area contributed by atoms with Crippen molar-refractivity contribution in [3.05, 3.63) is 53.3 Å². The largest absolute Gasteiger partial charge is 0.464 e. The quantitative estimate of drug-likeness (QED) is 0.174. The van der Waals surface area contributed by atoms with Gasteiger partial charge in [-0.15, -0.1) is 0 Å². The van der Waals surface area contributed by atoms with Crippen LogP contribution in [0.25, 0.3) is 10.9 Å². The van der Waals surface area contributed by atoms with Gasteiger partial charge >= 0.3 is 5.97 Å². The Morgan fingerprint density at radius 1 is 1.17 bits per heavy atom. The first-order chi connectivity index (χ1) is 16.7. The molecule has 0 aliphatic heterocycles. The molecular weight excluding hydrogens is 500 g/mol. The number of esters is 1. The van der Waals surface area contributed by atoms with Crippen molar-refractivity contribution in [3.63, 3.8) is 0 Å². The lowest BCUT2D eigenvalue weighted by Gasteiger charge is -2.15. The summed E-state index contributed by atoms with van der Waals surface area (Å²) < 4.78 is 15.8. The van der Waals surface area contributed by atoms with Gasteiger partial charge in [-0.25, -0.2) is 19.2 Å². The molecule has 9 nitrogen and oxygen atoms in total. The number of fused-ring (bicyclic) bond motifs is 1. The van der Waals surface area contributed by atoms with Gasteiger partial charge < -0.3 is 15.4 Å². The van der Waals surface area contributed by atoms with Crippen molar-refractivity contribution in [2.24, 2.45) is 0 Å². The van der Waals surface area contributed by atoms with Crippen LogP contribution >= 0.6 is 23.2 Å². The molecule has 1 amide bonds. The normalized spacial score (nSPS) is 12.1. The molecule has 2 atom stereocenters. The Kier molecular flexibility index (Phi) is 10.8. The summed E-state index contributed by atoms with van der Waals surface area (Å²) in [6.45, 7) is 3.80. The van der Waals surface area contributed by atoms with Crippen molar-refractivity contribution >= 4 is 69.5 Å². The topological polar surface area (TPSA) is 122 Å². The molecule has 0 radical (unpaired) electrons. The van der Waals surface area contributed by atoms with Gasteiger partial charge in [-0.2, -0.15) is 0 Å². The molecule has 0 aliphatic carbocycles. The third-order valence-corrected chi connectivity index (χ3v) is 5.02. The first-order valence-corrected chi connectivity index (χ1v) is 11.2. The fourth-order valence-corrected chi connectivity index (χ4v) is 3.02. The van der Waals surface area contributed by atoms with Gasteiger partial charge in [-0.1, -0.05) is 29.3 Å². The third-order valence-electron chi connectivity index (χ3n) is 4.51. The molecule has 0 aliphatic rings. The van der Waals surface area contributed by atoms with Crippen LogP contribution in [0.4, 0.5) is 21.6 Å². The molecule has 0 saturated heterocycles. The number of halogens is 3. The summed E-state index contributed by atoms with van der Waals surface area (Å²) in [5.41, 5.74) is 1.11. The molecule has 2 aromatic carbocycles. The van der Waals surface area contributed by atoms with Gasteiger partial charge in [0, 0.05) is 21.8 Å². The lowest BCUT2D eigenvalue weighted by molar-refractivity contribution is -0.147. The Bertz CT molecular complexity index is 1200. The molecule has 12 heteroatoms. The first kappa shape index (κ1) is 27.9. The van der Waals surface area contributed by atoms with Crippen LogP contribution in [-0.4, -0.2) is 53.5 Å². The molecule has 2 unspecified atom stereocenters. The number of carbonyl (C=O) groups is 3. The second kappa shape index (κ2) is 13.5. The molecule has 0 spiro atoms. The summed E-state index contributed by atoms with van der Waals surface area (Å²) in [4.78, 5) is 42.0. The van der Waals surface area contributed by atoms with Crippen molar-refractivity contribution in [1.29, 1.82) is 0 Å². The van der Waals surface area contributed by atoms with E-state index in [1.165, 1.54) is 13.4 Å². The predicted molar refractivity (Wildman–Crippen MR) is 134 cm³/mol. The highest BCUT2D eigenvalue weighted by Gasteiger charge is 2.26. The van der Waals surface area contributed by atoms with Crippen molar-refractivity contribution < 1.29 is 23.5 Å². The zero-order chi connectivity index (χ0) is 26.0. The number of rotatable bonds is 8. The highest BCUT2D eigenvalue weighted by molar-refractivity contribution is 6.31. The van der Waals surface area contributed by atoms with E-state index in [1.807, 2.05) is 25.1 Å². The Labute approximate surface area is 211 Å². The smallest absolute Gasteiger partial charge is 0.332 e. The summed E-state index contributed by atoms with van der Waals surface area (Å²) in [6, 6.07) is 9.72. The standard InChI is InChI=1S/C21H22ClN5O3.C2H2ClFO/c1-4-30-21(29)18(23-3)20(28)27-13-7-8-17-15(9-13)19(25-11-24-17)26-14-6-5-12(2)16(22)10-14;3-2(4)1-5/h5-11,18,23H,4H2,1-3H3,(H,27,28)(H,24,25,26);1-2H. The van der Waals surface area contributed by atoms with Crippen molar-refractivity contribution in [1.82, 2.24) is 15.3 Å². The predicted octanol–water partition coefficient (Wildman–Crippen LogP) is 4.14. The number of hydrogen-bond donors (Lipinski definition) is 3. The van der Waals surface area contributed by atoms with Crippen molar-refractivity contribution in [2.45, 2.75) is 25.5 Å². The van der Waals surface area contributed by atoms with E-state index in [1.54, 1.807) is 25.1 Å². The molecule has 0 saturated carbocycles. The second-order valence-corrected chi connectivity index (χ2v) is 7.80. The van der Waals surface area contributed by atoms with Crippen LogP contribution in [0.2, 0.25) is 5.02 Å². The lowest BCUT2D eigenvalue weighted by Crippen LogP contribution is -2.45. The average molecular weight is 524 g/mol. The maximum Gasteiger partial charge on any atom is 0.332 e. The van der Waals surface area contributed by atoms with E-state index in [0.29, 0.717) is 27.4 Å². The van der Waals surface area contributed by atoms with Crippen LogP contribution in [0.1, 0.15) is 12.5 Å². The number of hydrogen-bond acceptors (Lipinski definition) is 8. The molecule has 0 bridgehead atoms. The second-order valence-electron chi connectivity index (χ2n) is 6.98. The number of aldehydes is 1. The Morgan fingerprint density at radius 3 is 2.46 bits per heavy atom. The van der Waals surface area contributed by atoms with Crippen LogP contribution < -0.4 is 16.0 Å². The summed E-state index contributed by atoms with van der Waals surface area (Å²) in [6.07, 6.45) is 1.47. The maximum atomic E-state index is 12.5. The van der Waals surface area contributed by atoms with Crippen LogP contribution in [0.5, 0.6) is 0 Å². The van der Waals surface area contributed by atoms with Gasteiger partial charge in [0.25, 0.3) is 5.91 Å². The van der Waals surface area contributed by atoms with Gasteiger partial charge in [0.05, 0.1) is 12.1 Å². The van der Waals surface area contributed by atoms with Crippen LogP contribution in [0.3, 0.4) is 0 Å². The zero-order valence-electron chi connectivity index (χ0n) is 19.1. The van der Waals surface area contributed by atoms with Gasteiger partial charge in [0.1, 0.15) is 12.1 Å². The molecule has 0 fully saturated rings. The summed E-state index contributed by atoms with van der Waals surface area (Å²) in [5, 5.41) is 9.96. The summed E-state index contributed by atoms with van der Waals surface area (Å²) >= 11 is 10.6. The molecule has 3 aromatic rings. The highest BCUT2D eigenvalue weighted by atomic mass is 35.5. The number of likely N-dealkylation sites (N-methyl/N-ethyl adjacent to an activating group) is 1. The van der Waals surface area contributed by atoms with Gasteiger partial charge in [0.15, 0.2) is 12.3 Å². The van der Waals surface area contributed by atoms with Crippen molar-refractivity contribution in [2.75, 3.05) is 24.3 Å². The fraction of sp³-hybridized carbons (Fsp3) is 0.261. The monoisotopic (exact) mass is 523 g/mol. The average Bonchev–Trinajstić information content (AvgIpc) is 2.83. The Hall–Kier alpha value is -3.34. The minimum atomic E-state index is -1.82. The van der Waals surface area contributed by atoms with E-state index in [4.69, 9.17) is 21.1 Å². The van der Waals surface area contributed by atoms with Gasteiger partial charge in [0.2, 0.25) is 5.63 Å². The molecule has 1 aromatic heterocycles. The minimum absolute atomic E-state index is 0.0154. The summed E-state index contributed by atoms with van der Waals surface area (Å²) in [5.74, 6) is -0.598. The molecule has 1 heterocycles. The maximum absolute atomic E-state index is 12.5. The zero-order valence-corrected chi connectivity index (χ0v) is 20.7. The lowest BCUT2D eigenvalue weighted by atomic mass is 10.2. The molecule has 3 rings (SSSR count). The van der Waals surface area contributed by atoms with E-state index in [-0.39, 0.29) is 12.9 Å². The number of nitrogens with one attached hydrogen (secondary N) is 3. The van der Waals surface area contributed by atoms with Crippen molar-refractivity contribution in [3.8, 4) is 0 Å². The molecule has 186 valence electrons. The first-order valence-electron chi connectivity index (χ1n) is 10.4. The number of amides is 1. The third kappa shape index (κ3) is 8.13. The van der Waals surface area contributed by atoms with E-state index >= 15 is 0 Å². The Balaban J connectivity index is 0.000000784. The van der Waals surface area contributed by atoms with E-state index in [2.05, 4.69) is 37.5 Å². The van der Waals surface area contributed by atoms with Crippen LogP contribution in [-0.2, 0) is 19.1 Å². The summed E-state index contributed by atoms with van der Waals surface area (Å²) in [7, 11) is 1.52. The van der Waals surface area contributed by atoms with E-state index in [9.17, 15) is 14.0 Å². The SMILES string of the molecule is CCOC(=O)C(NC)C(=O)Nc1ccc2ncnc(Nc3ccc(C)c(Cl)c3)c2c1.O=CC(F)Cl. The molecule has 3 N–H and O–H groups in total. The van der Waals surface area contributed by atoms with Gasteiger partial charge in [-0.3, -0.25) is 14.9 Å². The minimum Gasteiger partial charge on any atom is -0.464 e. The van der Waals surface area contributed by atoms with E-state index in [0.717, 1.165) is 11.3 Å². The number of alkyl halides is 2. The van der Waals surface area contributed by atoms with E-state index < -0.39 is 23.5 Å². The fourth-order valence-electron chi connectivity index (χ4n) is 2.84. The number of ether oxygens (including phenoxy) is 1. The number of aryl methyl sites for hydroxylation is 1. The molecule has 35 heavy (non-hydrogen) atoms. The number of anilines is 3. The van der Waals surface area contributed by atoms with Gasteiger partial charge in [-0.05, 0) is 56.8 Å². The number of carbonyl (C=O) groups excluding carboxylic acids is 3. The number of benzene rings is 2. The van der Waals surface area contributed by atoms with Crippen LogP contribution in [0, 0.1) is 6.92 Å². The number of nitrogens with zero attached hydrogens (tertiary/aromatic N) is 2. The number of aromatic nitrogens is 2. The Morgan fingerprint density at radius 2 is 1.86 bits per heavy atom. The molecular formula is C23H24Cl2FN5O4. The van der Waals surface area contributed by atoms with Crippen LogP contribution in [0.15, 0.2) is 42.7 Å². The highest BCUT2D eigenvalue weighted by Crippen LogP contribution is 2.28.